The molecule has 0 aliphatic heterocycles. The molecular weight excluding hydrogens is 343 g/mol. The van der Waals surface area contributed by atoms with E-state index in [0.717, 1.165) is 44.9 Å². The van der Waals surface area contributed by atoms with Crippen molar-refractivity contribution < 1.29 is 14.3 Å². The van der Waals surface area contributed by atoms with Crippen LogP contribution in [0, 0.1) is 5.92 Å². The standard InChI is InChI=1S/C14H23IO3/c1-2-18-14(17)8-6-4-3-5-7-11-12(15)9-10-13(11)16/h11-12H,2-10H2,1H3. The van der Waals surface area contributed by atoms with Crippen molar-refractivity contribution in [3.05, 3.63) is 0 Å². The van der Waals surface area contributed by atoms with Crippen molar-refractivity contribution in [2.75, 3.05) is 6.61 Å². The molecule has 2 unspecified atom stereocenters. The zero-order valence-corrected chi connectivity index (χ0v) is 13.3. The Morgan fingerprint density at radius 2 is 2.06 bits per heavy atom. The molecule has 0 saturated heterocycles. The zero-order valence-electron chi connectivity index (χ0n) is 11.1. The molecule has 0 amide bonds. The second-order valence-electron chi connectivity index (χ2n) is 4.89. The summed E-state index contributed by atoms with van der Waals surface area (Å²) in [4.78, 5) is 22.7. The van der Waals surface area contributed by atoms with Crippen LogP contribution in [0.5, 0.6) is 0 Å². The van der Waals surface area contributed by atoms with Crippen LogP contribution in [0.15, 0.2) is 0 Å². The van der Waals surface area contributed by atoms with Gasteiger partial charge in [-0.2, -0.15) is 0 Å². The Bertz CT molecular complexity index is 278. The highest BCUT2D eigenvalue weighted by Crippen LogP contribution is 2.32. The fourth-order valence-electron chi connectivity index (χ4n) is 2.43. The minimum Gasteiger partial charge on any atom is -0.466 e. The number of Topliss-reactive ketones (excluding diaryl/α,β-unsaturated/α-hetero) is 1. The highest BCUT2D eigenvalue weighted by Gasteiger charge is 2.31. The first-order chi connectivity index (χ1) is 8.65. The lowest BCUT2D eigenvalue weighted by molar-refractivity contribution is -0.143. The smallest absolute Gasteiger partial charge is 0.305 e. The van der Waals surface area contributed by atoms with Crippen molar-refractivity contribution in [1.82, 2.24) is 0 Å². The largest absolute Gasteiger partial charge is 0.466 e. The first-order valence-electron chi connectivity index (χ1n) is 6.97. The summed E-state index contributed by atoms with van der Waals surface area (Å²) in [5, 5.41) is 0. The first-order valence-corrected chi connectivity index (χ1v) is 8.22. The molecule has 3 nitrogen and oxygen atoms in total. The summed E-state index contributed by atoms with van der Waals surface area (Å²) in [7, 11) is 0. The summed E-state index contributed by atoms with van der Waals surface area (Å²) in [6.45, 7) is 2.30. The third-order valence-corrected chi connectivity index (χ3v) is 4.96. The van der Waals surface area contributed by atoms with Gasteiger partial charge in [-0.15, -0.1) is 0 Å². The summed E-state index contributed by atoms with van der Waals surface area (Å²) < 4.78 is 5.42. The molecule has 1 fully saturated rings. The molecule has 0 bridgehead atoms. The number of halogens is 1. The van der Waals surface area contributed by atoms with E-state index in [4.69, 9.17) is 4.74 Å². The summed E-state index contributed by atoms with van der Waals surface area (Å²) in [6, 6.07) is 0. The van der Waals surface area contributed by atoms with E-state index in [1.165, 1.54) is 0 Å². The fraction of sp³-hybridized carbons (Fsp3) is 0.857. The van der Waals surface area contributed by atoms with E-state index in [0.29, 0.717) is 28.7 Å². The van der Waals surface area contributed by atoms with Crippen LogP contribution in [0.1, 0.15) is 58.3 Å². The second-order valence-corrected chi connectivity index (χ2v) is 6.49. The molecule has 0 heterocycles. The van der Waals surface area contributed by atoms with Gasteiger partial charge in [0.15, 0.2) is 0 Å². The SMILES string of the molecule is CCOC(=O)CCCCCCC1C(=O)CCC1I. The molecule has 104 valence electrons. The number of carbonyl (C=O) groups excluding carboxylic acids is 2. The molecule has 1 saturated carbocycles. The number of hydrogen-bond donors (Lipinski definition) is 0. The van der Waals surface area contributed by atoms with Gasteiger partial charge in [-0.25, -0.2) is 0 Å². The van der Waals surface area contributed by atoms with Crippen LogP contribution in [-0.4, -0.2) is 22.3 Å². The topological polar surface area (TPSA) is 43.4 Å². The van der Waals surface area contributed by atoms with Gasteiger partial charge < -0.3 is 4.74 Å². The van der Waals surface area contributed by atoms with E-state index >= 15 is 0 Å². The van der Waals surface area contributed by atoms with Gasteiger partial charge in [-0.1, -0.05) is 41.9 Å². The average molecular weight is 366 g/mol. The van der Waals surface area contributed by atoms with Crippen LogP contribution in [-0.2, 0) is 14.3 Å². The normalized spacial score (nSPS) is 23.3. The van der Waals surface area contributed by atoms with E-state index in [9.17, 15) is 9.59 Å². The Morgan fingerprint density at radius 1 is 1.33 bits per heavy atom. The summed E-state index contributed by atoms with van der Waals surface area (Å²) >= 11 is 2.41. The van der Waals surface area contributed by atoms with E-state index in [2.05, 4.69) is 22.6 Å². The van der Waals surface area contributed by atoms with E-state index in [1.54, 1.807) is 0 Å². The maximum Gasteiger partial charge on any atom is 0.305 e. The molecule has 0 spiro atoms. The molecular formula is C14H23IO3. The van der Waals surface area contributed by atoms with Crippen molar-refractivity contribution in [3.63, 3.8) is 0 Å². The summed E-state index contributed by atoms with van der Waals surface area (Å²) in [5.41, 5.74) is 0. The molecule has 1 aliphatic carbocycles. The van der Waals surface area contributed by atoms with Crippen molar-refractivity contribution in [3.8, 4) is 0 Å². The lowest BCUT2D eigenvalue weighted by atomic mass is 9.98. The number of unbranched alkanes of at least 4 members (excludes halogenated alkanes) is 3. The van der Waals surface area contributed by atoms with Gasteiger partial charge in [0.2, 0.25) is 0 Å². The molecule has 0 aromatic carbocycles. The van der Waals surface area contributed by atoms with Gasteiger partial charge in [0.05, 0.1) is 6.61 Å². The number of carbonyl (C=O) groups is 2. The number of ketones is 1. The Labute approximate surface area is 123 Å². The molecule has 18 heavy (non-hydrogen) atoms. The van der Waals surface area contributed by atoms with Gasteiger partial charge in [-0.05, 0) is 26.2 Å². The predicted octanol–water partition coefficient (Wildman–Crippen LogP) is 3.67. The number of hydrogen-bond acceptors (Lipinski definition) is 3. The van der Waals surface area contributed by atoms with E-state index in [1.807, 2.05) is 6.92 Å². The number of ether oxygens (including phenoxy) is 1. The molecule has 0 aromatic heterocycles. The van der Waals surface area contributed by atoms with E-state index in [-0.39, 0.29) is 5.97 Å². The van der Waals surface area contributed by atoms with E-state index < -0.39 is 0 Å². The minimum atomic E-state index is -0.0872. The van der Waals surface area contributed by atoms with Gasteiger partial charge in [0, 0.05) is 22.7 Å². The Morgan fingerprint density at radius 3 is 2.67 bits per heavy atom. The average Bonchev–Trinajstić information content (AvgIpc) is 2.65. The number of esters is 1. The molecule has 1 aliphatic rings. The van der Waals surface area contributed by atoms with Gasteiger partial charge in [0.25, 0.3) is 0 Å². The van der Waals surface area contributed by atoms with Crippen LogP contribution in [0.4, 0.5) is 0 Å². The van der Waals surface area contributed by atoms with Crippen molar-refractivity contribution in [2.45, 2.75) is 62.2 Å². The predicted molar refractivity (Wildman–Crippen MR) is 79.9 cm³/mol. The highest BCUT2D eigenvalue weighted by atomic mass is 127. The number of rotatable bonds is 8. The molecule has 0 radical (unpaired) electrons. The molecule has 0 aromatic rings. The van der Waals surface area contributed by atoms with Gasteiger partial charge >= 0.3 is 5.97 Å². The molecule has 0 N–H and O–H groups in total. The maximum absolute atomic E-state index is 11.6. The first kappa shape index (κ1) is 15.9. The van der Waals surface area contributed by atoms with Crippen LogP contribution in [0.25, 0.3) is 0 Å². The van der Waals surface area contributed by atoms with Crippen LogP contribution < -0.4 is 0 Å². The van der Waals surface area contributed by atoms with Crippen LogP contribution in [0.3, 0.4) is 0 Å². The third-order valence-electron chi connectivity index (χ3n) is 3.47. The summed E-state index contributed by atoms with van der Waals surface area (Å²) in [5.74, 6) is 0.673. The quantitative estimate of drug-likeness (QED) is 0.285. The third kappa shape index (κ3) is 5.67. The molecule has 4 heteroatoms. The fourth-order valence-corrected chi connectivity index (χ4v) is 3.50. The highest BCUT2D eigenvalue weighted by molar-refractivity contribution is 14.1. The van der Waals surface area contributed by atoms with Crippen LogP contribution >= 0.6 is 22.6 Å². The van der Waals surface area contributed by atoms with Gasteiger partial charge in [-0.3, -0.25) is 9.59 Å². The van der Waals surface area contributed by atoms with Gasteiger partial charge in [0.1, 0.15) is 5.78 Å². The zero-order chi connectivity index (χ0) is 13.4. The summed E-state index contributed by atoms with van der Waals surface area (Å²) in [6.07, 6.45) is 7.60. The minimum absolute atomic E-state index is 0.0872. The molecule has 1 rings (SSSR count). The monoisotopic (exact) mass is 366 g/mol. The Balaban J connectivity index is 1.98. The molecule has 2 atom stereocenters. The van der Waals surface area contributed by atoms with Crippen LogP contribution in [0.2, 0.25) is 0 Å². The van der Waals surface area contributed by atoms with Crippen molar-refractivity contribution >= 4 is 34.3 Å². The lowest BCUT2D eigenvalue weighted by Crippen LogP contribution is -2.13. The second kappa shape index (κ2) is 8.88. The number of alkyl halides is 1. The Kier molecular flexibility index (Phi) is 7.86. The van der Waals surface area contributed by atoms with Crippen molar-refractivity contribution in [1.29, 1.82) is 0 Å². The maximum atomic E-state index is 11.6. The lowest BCUT2D eigenvalue weighted by Gasteiger charge is -2.11. The van der Waals surface area contributed by atoms with Crippen molar-refractivity contribution in [2.24, 2.45) is 5.92 Å². The Hall–Kier alpha value is -0.130.